The highest BCUT2D eigenvalue weighted by Gasteiger charge is 2.49. The number of aliphatic hydroxyl groups is 2. The number of hydrogen-bond donors (Lipinski definition) is 3. The molecule has 0 spiro atoms. The molecular weight excluding hydrogens is 381 g/mol. The van der Waals surface area contributed by atoms with Crippen LogP contribution in [0, 0.1) is 35.0 Å². The highest BCUT2D eigenvalue weighted by Crippen LogP contribution is 2.54. The van der Waals surface area contributed by atoms with E-state index in [1.165, 1.54) is 12.8 Å². The van der Waals surface area contributed by atoms with Crippen molar-refractivity contribution < 1.29 is 23.4 Å². The summed E-state index contributed by atoms with van der Waals surface area (Å²) in [6, 6.07) is -1.79. The Morgan fingerprint density at radius 1 is 1.10 bits per heavy atom. The van der Waals surface area contributed by atoms with E-state index in [0.717, 1.165) is 12.8 Å². The molecule has 1 heterocycles. The second-order valence-corrected chi connectivity index (χ2v) is 11.0. The molecule has 2 aliphatic carbocycles. The Kier molecular flexibility index (Phi) is 6.94. The van der Waals surface area contributed by atoms with E-state index in [4.69, 9.17) is 0 Å². The average molecular weight is 421 g/mol. The molecule has 3 N–H and O–H groups in total. The van der Waals surface area contributed by atoms with Crippen molar-refractivity contribution in [3.63, 3.8) is 0 Å². The van der Waals surface area contributed by atoms with Crippen LogP contribution in [0.5, 0.6) is 0 Å². The fourth-order valence-electron chi connectivity index (χ4n) is 6.32. The van der Waals surface area contributed by atoms with Crippen molar-refractivity contribution >= 4 is 0 Å². The first-order chi connectivity index (χ1) is 13.4. The average Bonchev–Trinajstić information content (AvgIpc) is 3.13. The number of nitrogens with zero attached hydrogens (tertiary/aromatic N) is 1. The van der Waals surface area contributed by atoms with Gasteiger partial charge >= 0.3 is 6.18 Å². The number of hydrazine groups is 1. The van der Waals surface area contributed by atoms with Gasteiger partial charge in [0.1, 0.15) is 6.04 Å². The monoisotopic (exact) mass is 420 g/mol. The summed E-state index contributed by atoms with van der Waals surface area (Å²) in [4.78, 5) is 0. The molecule has 0 radical (unpaired) electrons. The summed E-state index contributed by atoms with van der Waals surface area (Å²) < 4.78 is 38.9. The second kappa shape index (κ2) is 8.64. The number of nitrogens with one attached hydrogen (secondary N) is 1. The number of fused-ring (bicyclic) bond motifs is 1. The standard InChI is InChI=1S/C22H39F3N2O2/c1-13-7-20(22(23,24)25)26-27(13)11-17(29)10-15-8-14-9-16(21(2,3)4)5-6-18(14)19(15)12-28/h13-20,26,28-29H,5-12H2,1-4H3/t13?,14?,15-,16?,17?,18?,19?,20?/m1/s1. The van der Waals surface area contributed by atoms with E-state index in [-0.39, 0.29) is 37.5 Å². The van der Waals surface area contributed by atoms with E-state index in [0.29, 0.717) is 29.6 Å². The van der Waals surface area contributed by atoms with Gasteiger partial charge in [-0.1, -0.05) is 20.8 Å². The topological polar surface area (TPSA) is 55.7 Å². The summed E-state index contributed by atoms with van der Waals surface area (Å²) in [5, 5.41) is 22.2. The molecule has 170 valence electrons. The zero-order valence-corrected chi connectivity index (χ0v) is 18.3. The maximum atomic E-state index is 13.0. The van der Waals surface area contributed by atoms with Crippen molar-refractivity contribution in [2.24, 2.45) is 35.0 Å². The molecular formula is C22H39F3N2O2. The molecule has 0 amide bonds. The first-order valence-corrected chi connectivity index (χ1v) is 11.3. The quantitative estimate of drug-likeness (QED) is 0.630. The molecule has 3 rings (SSSR count). The number of β-amino-alcohol motifs (C(OH)–C–C–N with tert-alkyl or cyclic N) is 1. The van der Waals surface area contributed by atoms with Gasteiger partial charge in [0.15, 0.2) is 0 Å². The largest absolute Gasteiger partial charge is 0.405 e. The van der Waals surface area contributed by atoms with Gasteiger partial charge in [-0.25, -0.2) is 10.4 Å². The molecule has 0 aromatic heterocycles. The summed E-state index contributed by atoms with van der Waals surface area (Å²) in [5.74, 6) is 2.28. The van der Waals surface area contributed by atoms with Crippen molar-refractivity contribution in [2.75, 3.05) is 13.2 Å². The maximum absolute atomic E-state index is 13.0. The Labute approximate surface area is 173 Å². The van der Waals surface area contributed by atoms with Gasteiger partial charge in [0.25, 0.3) is 0 Å². The zero-order valence-electron chi connectivity index (χ0n) is 18.3. The summed E-state index contributed by atoms with van der Waals surface area (Å²) in [6.07, 6.45) is 0.169. The zero-order chi connectivity index (χ0) is 21.6. The SMILES string of the molecule is CC1CC(C(F)(F)F)NN1CC(O)C[C@H]1CC2CC(C(C)(C)C)CCC2C1CO. The lowest BCUT2D eigenvalue weighted by Crippen LogP contribution is -2.47. The fourth-order valence-corrected chi connectivity index (χ4v) is 6.32. The minimum absolute atomic E-state index is 0.0112. The Morgan fingerprint density at radius 2 is 1.79 bits per heavy atom. The van der Waals surface area contributed by atoms with Gasteiger partial charge in [0.05, 0.1) is 6.10 Å². The first kappa shape index (κ1) is 23.3. The fraction of sp³-hybridized carbons (Fsp3) is 1.00. The van der Waals surface area contributed by atoms with Crippen LogP contribution in [0.15, 0.2) is 0 Å². The summed E-state index contributed by atoms with van der Waals surface area (Å²) in [7, 11) is 0. The molecule has 7 unspecified atom stereocenters. The molecule has 1 aliphatic heterocycles. The van der Waals surface area contributed by atoms with Gasteiger partial charge in [0, 0.05) is 19.2 Å². The molecule has 2 saturated carbocycles. The van der Waals surface area contributed by atoms with Crippen LogP contribution in [-0.2, 0) is 0 Å². The van der Waals surface area contributed by atoms with Crippen LogP contribution in [0.3, 0.4) is 0 Å². The van der Waals surface area contributed by atoms with E-state index in [1.807, 2.05) is 0 Å². The lowest BCUT2D eigenvalue weighted by molar-refractivity contribution is -0.157. The normalized spacial score (nSPS) is 40.2. The van der Waals surface area contributed by atoms with E-state index >= 15 is 0 Å². The van der Waals surface area contributed by atoms with Crippen molar-refractivity contribution in [3.05, 3.63) is 0 Å². The van der Waals surface area contributed by atoms with Gasteiger partial charge in [0.2, 0.25) is 0 Å². The summed E-state index contributed by atoms with van der Waals surface area (Å²) >= 11 is 0. The molecule has 1 saturated heterocycles. The minimum atomic E-state index is -4.26. The van der Waals surface area contributed by atoms with Gasteiger partial charge in [-0.05, 0) is 80.5 Å². The van der Waals surface area contributed by atoms with Gasteiger partial charge in [-0.2, -0.15) is 13.2 Å². The summed E-state index contributed by atoms with van der Waals surface area (Å²) in [6.45, 7) is 9.01. The van der Waals surface area contributed by atoms with Crippen LogP contribution >= 0.6 is 0 Å². The van der Waals surface area contributed by atoms with E-state index in [9.17, 15) is 23.4 Å². The molecule has 8 atom stereocenters. The molecule has 0 bridgehead atoms. The second-order valence-electron chi connectivity index (χ2n) is 11.0. The molecule has 29 heavy (non-hydrogen) atoms. The van der Waals surface area contributed by atoms with Crippen LogP contribution in [0.2, 0.25) is 0 Å². The first-order valence-electron chi connectivity index (χ1n) is 11.3. The third kappa shape index (κ3) is 5.28. The third-order valence-electron chi connectivity index (χ3n) is 8.05. The lowest BCUT2D eigenvalue weighted by Gasteiger charge is -2.40. The van der Waals surface area contributed by atoms with E-state index < -0.39 is 18.3 Å². The molecule has 7 heteroatoms. The van der Waals surface area contributed by atoms with Gasteiger partial charge in [-0.15, -0.1) is 0 Å². The van der Waals surface area contributed by atoms with Crippen LogP contribution in [-0.4, -0.2) is 52.7 Å². The lowest BCUT2D eigenvalue weighted by atomic mass is 9.65. The number of rotatable bonds is 5. The predicted molar refractivity (Wildman–Crippen MR) is 107 cm³/mol. The minimum Gasteiger partial charge on any atom is -0.396 e. The van der Waals surface area contributed by atoms with Gasteiger partial charge < -0.3 is 10.2 Å². The Morgan fingerprint density at radius 3 is 2.34 bits per heavy atom. The van der Waals surface area contributed by atoms with Crippen molar-refractivity contribution in [3.8, 4) is 0 Å². The smallest absolute Gasteiger partial charge is 0.396 e. The predicted octanol–water partition coefficient (Wildman–Crippen LogP) is 3.97. The molecule has 3 fully saturated rings. The highest BCUT2D eigenvalue weighted by atomic mass is 19.4. The molecule has 0 aromatic rings. The Balaban J connectivity index is 1.56. The maximum Gasteiger partial charge on any atom is 0.405 e. The van der Waals surface area contributed by atoms with Crippen molar-refractivity contribution in [1.29, 1.82) is 0 Å². The van der Waals surface area contributed by atoms with Crippen molar-refractivity contribution in [1.82, 2.24) is 10.4 Å². The van der Waals surface area contributed by atoms with Crippen LogP contribution < -0.4 is 5.43 Å². The molecule has 3 aliphatic rings. The number of aliphatic hydroxyl groups excluding tert-OH is 2. The Hall–Kier alpha value is -0.370. The van der Waals surface area contributed by atoms with Crippen LogP contribution in [0.1, 0.15) is 66.2 Å². The Bertz CT molecular complexity index is 551. The van der Waals surface area contributed by atoms with Gasteiger partial charge in [-0.3, -0.25) is 0 Å². The molecule has 0 aromatic carbocycles. The number of halogens is 3. The molecule has 4 nitrogen and oxygen atoms in total. The summed E-state index contributed by atoms with van der Waals surface area (Å²) in [5.41, 5.74) is 2.83. The van der Waals surface area contributed by atoms with Crippen LogP contribution in [0.25, 0.3) is 0 Å². The third-order valence-corrected chi connectivity index (χ3v) is 8.05. The van der Waals surface area contributed by atoms with Crippen LogP contribution in [0.4, 0.5) is 13.2 Å². The number of hydrogen-bond acceptors (Lipinski definition) is 4. The van der Waals surface area contributed by atoms with E-state index in [2.05, 4.69) is 26.2 Å². The van der Waals surface area contributed by atoms with E-state index in [1.54, 1.807) is 11.9 Å². The van der Waals surface area contributed by atoms with Crippen molar-refractivity contribution in [2.45, 2.75) is 90.6 Å². The highest BCUT2D eigenvalue weighted by molar-refractivity contribution is 4.97. The number of alkyl halides is 3.